The molecule has 1 N–H and O–H groups in total. The lowest BCUT2D eigenvalue weighted by Gasteiger charge is -2.16. The fourth-order valence-corrected chi connectivity index (χ4v) is 1.92. The van der Waals surface area contributed by atoms with Crippen molar-refractivity contribution in [3.05, 3.63) is 71.8 Å². The van der Waals surface area contributed by atoms with E-state index in [9.17, 15) is 5.11 Å². The number of aliphatic hydroxyl groups is 1. The Labute approximate surface area is 102 Å². The summed E-state index contributed by atoms with van der Waals surface area (Å²) in [6, 6.07) is 7.67. The predicted molar refractivity (Wildman–Crippen MR) is 70.3 cm³/mol. The molecular weight excluding hydrogens is 208 g/mol. The maximum atomic E-state index is 10.2. The molecule has 1 nitrogen and oxygen atoms in total. The van der Waals surface area contributed by atoms with Crippen LogP contribution in [0.3, 0.4) is 0 Å². The minimum Gasteiger partial charge on any atom is -0.388 e. The number of hydrogen-bond acceptors (Lipinski definition) is 1. The number of allylic oxidation sites excluding steroid dienone is 3. The van der Waals surface area contributed by atoms with Crippen LogP contribution in [-0.4, -0.2) is 5.11 Å². The van der Waals surface area contributed by atoms with Gasteiger partial charge >= 0.3 is 0 Å². The SMILES string of the molecule is C=C/C1=C(\C=C)CC(O)c2ccccc2C#C1. The molecule has 1 aromatic carbocycles. The summed E-state index contributed by atoms with van der Waals surface area (Å²) < 4.78 is 0. The van der Waals surface area contributed by atoms with Gasteiger partial charge in [-0.2, -0.15) is 0 Å². The summed E-state index contributed by atoms with van der Waals surface area (Å²) in [5, 5.41) is 10.2. The van der Waals surface area contributed by atoms with Crippen LogP contribution in [0.5, 0.6) is 0 Å². The van der Waals surface area contributed by atoms with Crippen LogP contribution in [0.15, 0.2) is 60.7 Å². The van der Waals surface area contributed by atoms with E-state index < -0.39 is 6.10 Å². The van der Waals surface area contributed by atoms with Crippen LogP contribution in [0.1, 0.15) is 23.7 Å². The van der Waals surface area contributed by atoms with E-state index in [0.717, 1.165) is 22.3 Å². The quantitative estimate of drug-likeness (QED) is 0.762. The number of benzene rings is 1. The van der Waals surface area contributed by atoms with Gasteiger partial charge in [0.1, 0.15) is 0 Å². The van der Waals surface area contributed by atoms with Crippen molar-refractivity contribution in [1.29, 1.82) is 0 Å². The van der Waals surface area contributed by atoms with Crippen molar-refractivity contribution < 1.29 is 5.11 Å². The first-order chi connectivity index (χ1) is 8.26. The molecule has 84 valence electrons. The molecule has 1 atom stereocenters. The maximum Gasteiger partial charge on any atom is 0.0842 e. The molecule has 1 aliphatic carbocycles. The molecule has 1 aromatic rings. The van der Waals surface area contributed by atoms with Crippen LogP contribution in [0.2, 0.25) is 0 Å². The second-order valence-electron chi connectivity index (χ2n) is 3.90. The van der Waals surface area contributed by atoms with Gasteiger partial charge in [0, 0.05) is 17.6 Å². The molecule has 2 rings (SSSR count). The van der Waals surface area contributed by atoms with Crippen molar-refractivity contribution >= 4 is 0 Å². The number of hydrogen-bond donors (Lipinski definition) is 1. The van der Waals surface area contributed by atoms with Gasteiger partial charge < -0.3 is 5.11 Å². The van der Waals surface area contributed by atoms with E-state index in [0.29, 0.717) is 6.42 Å². The van der Waals surface area contributed by atoms with Crippen molar-refractivity contribution in [3.63, 3.8) is 0 Å². The molecule has 0 aliphatic heterocycles. The summed E-state index contributed by atoms with van der Waals surface area (Å²) in [5.41, 5.74) is 3.54. The number of rotatable bonds is 2. The van der Waals surface area contributed by atoms with E-state index in [1.54, 1.807) is 12.2 Å². The third-order valence-electron chi connectivity index (χ3n) is 2.86. The van der Waals surface area contributed by atoms with Crippen molar-refractivity contribution in [2.45, 2.75) is 12.5 Å². The lowest BCUT2D eigenvalue weighted by Crippen LogP contribution is -2.04. The van der Waals surface area contributed by atoms with E-state index in [4.69, 9.17) is 0 Å². The van der Waals surface area contributed by atoms with Gasteiger partial charge in [-0.25, -0.2) is 0 Å². The molecule has 0 saturated carbocycles. The zero-order chi connectivity index (χ0) is 12.3. The van der Waals surface area contributed by atoms with Gasteiger partial charge in [-0.3, -0.25) is 0 Å². The zero-order valence-electron chi connectivity index (χ0n) is 9.61. The second-order valence-corrected chi connectivity index (χ2v) is 3.90. The molecule has 17 heavy (non-hydrogen) atoms. The molecule has 0 amide bonds. The van der Waals surface area contributed by atoms with Gasteiger partial charge in [-0.15, -0.1) is 0 Å². The van der Waals surface area contributed by atoms with Crippen LogP contribution >= 0.6 is 0 Å². The first-order valence-electron chi connectivity index (χ1n) is 5.53. The van der Waals surface area contributed by atoms with Gasteiger partial charge in [0.2, 0.25) is 0 Å². The summed E-state index contributed by atoms with van der Waals surface area (Å²) in [7, 11) is 0. The molecule has 0 radical (unpaired) electrons. The fraction of sp³-hybridized carbons (Fsp3) is 0.125. The van der Waals surface area contributed by atoms with E-state index in [1.807, 2.05) is 24.3 Å². The van der Waals surface area contributed by atoms with Crippen LogP contribution in [0.25, 0.3) is 0 Å². The molecule has 0 saturated heterocycles. The van der Waals surface area contributed by atoms with E-state index in [2.05, 4.69) is 25.0 Å². The Morgan fingerprint density at radius 2 is 1.94 bits per heavy atom. The van der Waals surface area contributed by atoms with E-state index >= 15 is 0 Å². The number of aliphatic hydroxyl groups excluding tert-OH is 1. The normalized spacial score (nSPS) is 22.5. The van der Waals surface area contributed by atoms with Gasteiger partial charge in [0.25, 0.3) is 0 Å². The minimum absolute atomic E-state index is 0.524. The molecule has 1 aliphatic rings. The summed E-state index contributed by atoms with van der Waals surface area (Å²) in [6.07, 6.45) is 3.44. The summed E-state index contributed by atoms with van der Waals surface area (Å²) in [4.78, 5) is 0. The van der Waals surface area contributed by atoms with Crippen LogP contribution in [0, 0.1) is 11.8 Å². The van der Waals surface area contributed by atoms with Crippen LogP contribution in [0.4, 0.5) is 0 Å². The van der Waals surface area contributed by atoms with Gasteiger partial charge in [-0.1, -0.05) is 55.3 Å². The third kappa shape index (κ3) is 2.22. The standard InChI is InChI=1S/C16H14O/c1-3-12-9-10-14-7-5-6-8-15(14)16(17)11-13(12)4-2/h3-8,16-17H,1-2,11H2/b13-12-. The molecule has 1 unspecified atom stereocenters. The Bertz CT molecular complexity index is 552. The van der Waals surface area contributed by atoms with Crippen molar-refractivity contribution in [3.8, 4) is 11.8 Å². The topological polar surface area (TPSA) is 20.2 Å². The van der Waals surface area contributed by atoms with E-state index in [-0.39, 0.29) is 0 Å². The molecule has 0 bridgehead atoms. The lowest BCUT2D eigenvalue weighted by atomic mass is 9.92. The molecule has 0 aromatic heterocycles. The fourth-order valence-electron chi connectivity index (χ4n) is 1.92. The van der Waals surface area contributed by atoms with Gasteiger partial charge in [0.15, 0.2) is 0 Å². The zero-order valence-corrected chi connectivity index (χ0v) is 9.61. The highest BCUT2D eigenvalue weighted by atomic mass is 16.3. The highest BCUT2D eigenvalue weighted by Gasteiger charge is 2.15. The van der Waals surface area contributed by atoms with Gasteiger partial charge in [0.05, 0.1) is 6.10 Å². The largest absolute Gasteiger partial charge is 0.388 e. The minimum atomic E-state index is -0.538. The first kappa shape index (κ1) is 11.4. The number of fused-ring (bicyclic) bond motifs is 1. The monoisotopic (exact) mass is 222 g/mol. The highest BCUT2D eigenvalue weighted by Crippen LogP contribution is 2.27. The van der Waals surface area contributed by atoms with Gasteiger partial charge in [-0.05, 0) is 17.2 Å². The summed E-state index contributed by atoms with van der Waals surface area (Å²) in [5.74, 6) is 6.15. The van der Waals surface area contributed by atoms with Crippen molar-refractivity contribution in [2.75, 3.05) is 0 Å². The average molecular weight is 222 g/mol. The molecular formula is C16H14O. The Kier molecular flexibility index (Phi) is 3.27. The summed E-state index contributed by atoms with van der Waals surface area (Å²) >= 11 is 0. The molecule has 0 heterocycles. The average Bonchev–Trinajstić information content (AvgIpc) is 2.36. The van der Waals surface area contributed by atoms with Crippen molar-refractivity contribution in [2.24, 2.45) is 0 Å². The highest BCUT2D eigenvalue weighted by molar-refractivity contribution is 5.53. The lowest BCUT2D eigenvalue weighted by molar-refractivity contribution is 0.179. The maximum absolute atomic E-state index is 10.2. The Morgan fingerprint density at radius 3 is 2.65 bits per heavy atom. The predicted octanol–water partition coefficient (Wildman–Crippen LogP) is 3.14. The van der Waals surface area contributed by atoms with Crippen LogP contribution < -0.4 is 0 Å². The van der Waals surface area contributed by atoms with Crippen molar-refractivity contribution in [1.82, 2.24) is 0 Å². The Hall–Kier alpha value is -2.04. The molecule has 1 heteroatoms. The third-order valence-corrected chi connectivity index (χ3v) is 2.86. The van der Waals surface area contributed by atoms with E-state index in [1.165, 1.54) is 0 Å². The van der Waals surface area contributed by atoms with Crippen LogP contribution in [-0.2, 0) is 0 Å². The smallest absolute Gasteiger partial charge is 0.0842 e. The molecule has 0 fully saturated rings. The second kappa shape index (κ2) is 4.86. The Balaban J connectivity index is 2.60. The molecule has 0 spiro atoms. The first-order valence-corrected chi connectivity index (χ1v) is 5.53. The Morgan fingerprint density at radius 1 is 1.18 bits per heavy atom. The summed E-state index contributed by atoms with van der Waals surface area (Å²) in [6.45, 7) is 7.51.